The molecular formula is C23H39NO4. The first-order chi connectivity index (χ1) is 13.4. The van der Waals surface area contributed by atoms with Gasteiger partial charge in [-0.1, -0.05) is 25.5 Å². The molecule has 0 spiro atoms. The van der Waals surface area contributed by atoms with Crippen LogP contribution < -0.4 is 4.74 Å². The van der Waals surface area contributed by atoms with Crippen LogP contribution in [0.25, 0.3) is 5.57 Å². The highest BCUT2D eigenvalue weighted by Gasteiger charge is 2.19. The lowest BCUT2D eigenvalue weighted by atomic mass is 9.96. The molecule has 160 valence electrons. The van der Waals surface area contributed by atoms with Crippen LogP contribution in [0.2, 0.25) is 0 Å². The molecule has 1 heterocycles. The van der Waals surface area contributed by atoms with Crippen LogP contribution in [-0.4, -0.2) is 68.3 Å². The van der Waals surface area contributed by atoms with E-state index in [9.17, 15) is 0 Å². The quantitative estimate of drug-likeness (QED) is 0.706. The fourth-order valence-corrected chi connectivity index (χ4v) is 3.07. The molecule has 1 aliphatic heterocycles. The van der Waals surface area contributed by atoms with Crippen molar-refractivity contribution in [2.75, 3.05) is 41.0 Å². The Bertz CT molecular complexity index is 586. The van der Waals surface area contributed by atoms with E-state index in [1.54, 1.807) is 7.11 Å². The first-order valence-corrected chi connectivity index (χ1v) is 10.3. The lowest BCUT2D eigenvalue weighted by Crippen LogP contribution is -2.31. The number of hydrogen-bond acceptors (Lipinski definition) is 5. The number of unbranched alkanes of at least 4 members (excludes halogenated alkanes) is 1. The Morgan fingerprint density at radius 2 is 2.11 bits per heavy atom. The van der Waals surface area contributed by atoms with Crippen LogP contribution >= 0.6 is 0 Å². The van der Waals surface area contributed by atoms with Gasteiger partial charge in [0.15, 0.2) is 0 Å². The van der Waals surface area contributed by atoms with Crippen LogP contribution in [-0.2, 0) is 4.74 Å². The van der Waals surface area contributed by atoms with Crippen molar-refractivity contribution in [1.82, 2.24) is 4.90 Å². The molecule has 2 atom stereocenters. The maximum Gasteiger partial charge on any atom is 0.119 e. The Hall–Kier alpha value is -1.40. The largest absolute Gasteiger partial charge is 0.497 e. The smallest absolute Gasteiger partial charge is 0.119 e. The van der Waals surface area contributed by atoms with Crippen molar-refractivity contribution in [2.45, 2.75) is 58.2 Å². The molecule has 0 bridgehead atoms. The average Bonchev–Trinajstić information content (AvgIpc) is 2.69. The standard InChI is InChI=1S/C17H27NO.C6H12O3/c1-6-7-8-15(11-12-18(3)4)17-13-16(19-5)10-9-14(17)2;7-4-6-3-5(8)1-2-9-6/h8-10,13H,6-7,11-12H2,1-5H3;5-8H,1-4H2/b15-8-;. The molecule has 2 unspecified atom stereocenters. The minimum Gasteiger partial charge on any atom is -0.497 e. The second-order valence-corrected chi connectivity index (χ2v) is 7.61. The average molecular weight is 394 g/mol. The van der Waals surface area contributed by atoms with E-state index in [1.165, 1.54) is 23.1 Å². The molecule has 28 heavy (non-hydrogen) atoms. The van der Waals surface area contributed by atoms with Gasteiger partial charge >= 0.3 is 0 Å². The fourth-order valence-electron chi connectivity index (χ4n) is 3.07. The summed E-state index contributed by atoms with van der Waals surface area (Å²) in [5.74, 6) is 0.938. The number of allylic oxidation sites excluding steroid dienone is 1. The molecular weight excluding hydrogens is 354 g/mol. The van der Waals surface area contributed by atoms with Crippen molar-refractivity contribution in [3.8, 4) is 5.75 Å². The molecule has 1 aromatic carbocycles. The van der Waals surface area contributed by atoms with Crippen molar-refractivity contribution in [3.63, 3.8) is 0 Å². The molecule has 1 aliphatic rings. The topological polar surface area (TPSA) is 62.2 Å². The Morgan fingerprint density at radius 3 is 2.64 bits per heavy atom. The summed E-state index contributed by atoms with van der Waals surface area (Å²) >= 11 is 0. The molecule has 0 amide bonds. The third kappa shape index (κ3) is 9.20. The molecule has 1 fully saturated rings. The van der Waals surface area contributed by atoms with Crippen LogP contribution in [0.4, 0.5) is 0 Å². The van der Waals surface area contributed by atoms with Gasteiger partial charge in [-0.25, -0.2) is 0 Å². The third-order valence-electron chi connectivity index (χ3n) is 4.84. The van der Waals surface area contributed by atoms with Gasteiger partial charge in [0.2, 0.25) is 0 Å². The lowest BCUT2D eigenvalue weighted by Gasteiger charge is -2.24. The van der Waals surface area contributed by atoms with Gasteiger partial charge in [0.25, 0.3) is 0 Å². The second-order valence-electron chi connectivity index (χ2n) is 7.61. The van der Waals surface area contributed by atoms with Gasteiger partial charge in [-0.2, -0.15) is 0 Å². The number of rotatable bonds is 8. The summed E-state index contributed by atoms with van der Waals surface area (Å²) < 4.78 is 10.4. The number of aliphatic hydroxyl groups excluding tert-OH is 2. The number of methoxy groups -OCH3 is 1. The van der Waals surface area contributed by atoms with E-state index in [-0.39, 0.29) is 18.8 Å². The molecule has 2 N–H and O–H groups in total. The monoisotopic (exact) mass is 393 g/mol. The number of nitrogens with zero attached hydrogens (tertiary/aromatic N) is 1. The van der Waals surface area contributed by atoms with Crippen LogP contribution in [0, 0.1) is 6.92 Å². The zero-order valence-corrected chi connectivity index (χ0v) is 18.3. The van der Waals surface area contributed by atoms with E-state index in [0.29, 0.717) is 19.4 Å². The highest BCUT2D eigenvalue weighted by atomic mass is 16.5. The van der Waals surface area contributed by atoms with Gasteiger partial charge in [0.1, 0.15) is 5.75 Å². The summed E-state index contributed by atoms with van der Waals surface area (Å²) in [6.07, 6.45) is 6.68. The number of aliphatic hydroxyl groups is 2. The van der Waals surface area contributed by atoms with Crippen molar-refractivity contribution in [2.24, 2.45) is 0 Å². The van der Waals surface area contributed by atoms with Crippen LogP contribution in [0.15, 0.2) is 24.3 Å². The predicted molar refractivity (Wildman–Crippen MR) is 116 cm³/mol. The molecule has 5 heteroatoms. The highest BCUT2D eigenvalue weighted by molar-refractivity contribution is 5.69. The van der Waals surface area contributed by atoms with Gasteiger partial charge in [-0.3, -0.25) is 0 Å². The zero-order chi connectivity index (χ0) is 20.9. The molecule has 1 aromatic rings. The van der Waals surface area contributed by atoms with Gasteiger partial charge in [0.05, 0.1) is 25.9 Å². The second kappa shape index (κ2) is 13.7. The molecule has 1 saturated heterocycles. The van der Waals surface area contributed by atoms with Crippen molar-refractivity contribution < 1.29 is 19.7 Å². The van der Waals surface area contributed by atoms with E-state index in [0.717, 1.165) is 25.1 Å². The van der Waals surface area contributed by atoms with Crippen molar-refractivity contribution >= 4 is 5.57 Å². The minimum atomic E-state index is -0.268. The predicted octanol–water partition coefficient (Wildman–Crippen LogP) is 3.66. The first kappa shape index (κ1) is 24.6. The van der Waals surface area contributed by atoms with Gasteiger partial charge in [0, 0.05) is 19.6 Å². The van der Waals surface area contributed by atoms with E-state index in [4.69, 9.17) is 19.7 Å². The fraction of sp³-hybridized carbons (Fsp3) is 0.652. The summed E-state index contributed by atoms with van der Waals surface area (Å²) in [7, 11) is 5.97. The number of aryl methyl sites for hydroxylation is 1. The summed E-state index contributed by atoms with van der Waals surface area (Å²) in [4.78, 5) is 2.23. The Balaban J connectivity index is 0.000000362. The molecule has 5 nitrogen and oxygen atoms in total. The number of hydrogen-bond donors (Lipinski definition) is 2. The first-order valence-electron chi connectivity index (χ1n) is 10.3. The van der Waals surface area contributed by atoms with Gasteiger partial charge < -0.3 is 24.6 Å². The van der Waals surface area contributed by atoms with E-state index >= 15 is 0 Å². The zero-order valence-electron chi connectivity index (χ0n) is 18.3. The summed E-state index contributed by atoms with van der Waals surface area (Å²) in [6, 6.07) is 6.33. The summed E-state index contributed by atoms with van der Waals surface area (Å²) in [6.45, 7) is 6.07. The van der Waals surface area contributed by atoms with Gasteiger partial charge in [-0.05, 0) is 69.1 Å². The minimum absolute atomic E-state index is 0.0249. The van der Waals surface area contributed by atoms with Crippen LogP contribution in [0.1, 0.15) is 50.2 Å². The van der Waals surface area contributed by atoms with Crippen molar-refractivity contribution in [1.29, 1.82) is 0 Å². The van der Waals surface area contributed by atoms with Crippen LogP contribution in [0.5, 0.6) is 5.75 Å². The maximum absolute atomic E-state index is 9.02. The van der Waals surface area contributed by atoms with Crippen molar-refractivity contribution in [3.05, 3.63) is 35.4 Å². The molecule has 0 saturated carbocycles. The summed E-state index contributed by atoms with van der Waals surface area (Å²) in [5, 5.41) is 17.6. The van der Waals surface area contributed by atoms with E-state index in [2.05, 4.69) is 51.1 Å². The Morgan fingerprint density at radius 1 is 1.36 bits per heavy atom. The molecule has 0 radical (unpaired) electrons. The lowest BCUT2D eigenvalue weighted by molar-refractivity contribution is -0.0642. The van der Waals surface area contributed by atoms with Crippen LogP contribution in [0.3, 0.4) is 0 Å². The normalized spacial score (nSPS) is 19.9. The third-order valence-corrected chi connectivity index (χ3v) is 4.84. The maximum atomic E-state index is 9.02. The molecule has 0 aromatic heterocycles. The summed E-state index contributed by atoms with van der Waals surface area (Å²) in [5.41, 5.74) is 4.09. The number of benzene rings is 1. The highest BCUT2D eigenvalue weighted by Crippen LogP contribution is 2.27. The Labute approximate surface area is 171 Å². The Kier molecular flexibility index (Phi) is 12.1. The molecule has 0 aliphatic carbocycles. The van der Waals surface area contributed by atoms with Gasteiger partial charge in [-0.15, -0.1) is 0 Å². The number of ether oxygens (including phenoxy) is 2. The van der Waals surface area contributed by atoms with E-state index in [1.807, 2.05) is 6.07 Å². The molecule has 2 rings (SSSR count). The SMILES string of the molecule is CCC/C=C(/CCN(C)C)c1cc(OC)ccc1C.OCC1CC(O)CCO1. The van der Waals surface area contributed by atoms with E-state index < -0.39 is 0 Å².